The van der Waals surface area contributed by atoms with E-state index < -0.39 is 28.8 Å². The molecule has 0 aromatic heterocycles. The lowest BCUT2D eigenvalue weighted by molar-refractivity contribution is -0.384. The van der Waals surface area contributed by atoms with Crippen LogP contribution in [0.25, 0.3) is 0 Å². The lowest BCUT2D eigenvalue weighted by Gasteiger charge is -2.59. The van der Waals surface area contributed by atoms with Crippen molar-refractivity contribution in [3.8, 4) is 17.2 Å². The summed E-state index contributed by atoms with van der Waals surface area (Å²) in [7, 11) is 1.50. The van der Waals surface area contributed by atoms with Crippen molar-refractivity contribution in [2.45, 2.75) is 76.0 Å². The standard InChI is InChI=1S/C41H53N3O10/c1-5-20-43(40(47)53-30-16-14-29(15-17-30)44(48)49)37-27-35(42-50-4)33-25-28(12-8-10-21-45)32(13-9-11-22-46)38-34-26-31(51-23-6-2)18-19-36(34)54-41(37,39(33)38)52-24-7-3/h6-7,14-19,25-26,28,32,37-39,45-46H,2-3,5,8-13,20-24,27H2,1,4H3/t28-,32+,37-,38+,39+,41+/m0/s1. The molecule has 0 unspecified atom stereocenters. The van der Waals surface area contributed by atoms with E-state index in [1.807, 2.05) is 25.1 Å². The average Bonchev–Trinajstić information content (AvgIpc) is 3.17. The van der Waals surface area contributed by atoms with Gasteiger partial charge in [0.1, 0.15) is 37.0 Å². The number of unbranched alkanes of at least 4 members (excludes halogenated alkanes) is 2. The summed E-state index contributed by atoms with van der Waals surface area (Å²) in [6.45, 7) is 10.6. The zero-order valence-corrected chi connectivity index (χ0v) is 31.3. The summed E-state index contributed by atoms with van der Waals surface area (Å²) in [5, 5.41) is 35.4. The van der Waals surface area contributed by atoms with E-state index in [9.17, 15) is 25.1 Å². The number of nitrogens with zero attached hydrogens (tertiary/aromatic N) is 3. The van der Waals surface area contributed by atoms with Crippen LogP contribution >= 0.6 is 0 Å². The van der Waals surface area contributed by atoms with E-state index in [-0.39, 0.29) is 62.0 Å². The van der Waals surface area contributed by atoms with E-state index in [0.717, 1.165) is 36.8 Å². The monoisotopic (exact) mass is 747 g/mol. The second-order valence-electron chi connectivity index (χ2n) is 13.9. The summed E-state index contributed by atoms with van der Waals surface area (Å²) in [5.74, 6) is -0.561. The number of nitro benzene ring substituents is 1. The zero-order valence-electron chi connectivity index (χ0n) is 31.3. The molecule has 6 atom stereocenters. The van der Waals surface area contributed by atoms with Crippen LogP contribution in [-0.2, 0) is 9.57 Å². The Morgan fingerprint density at radius 3 is 2.41 bits per heavy atom. The number of benzene rings is 2. The lowest BCUT2D eigenvalue weighted by Crippen LogP contribution is -2.70. The van der Waals surface area contributed by atoms with Crippen molar-refractivity contribution in [3.05, 3.63) is 95.1 Å². The smallest absolute Gasteiger partial charge is 0.415 e. The number of ether oxygens (including phenoxy) is 4. The number of hydrogen-bond acceptors (Lipinski definition) is 11. The Kier molecular flexibility index (Phi) is 14.3. The Bertz CT molecular complexity index is 1680. The van der Waals surface area contributed by atoms with Crippen LogP contribution in [0.4, 0.5) is 10.5 Å². The third kappa shape index (κ3) is 8.64. The molecule has 3 aliphatic rings. The Hall–Kier alpha value is -4.72. The maximum absolute atomic E-state index is 14.3. The number of non-ortho nitro benzene ring substituents is 1. The number of nitro groups is 1. The van der Waals surface area contributed by atoms with Crippen LogP contribution in [0.5, 0.6) is 17.2 Å². The number of aliphatic hydroxyl groups is 2. The molecule has 1 aliphatic heterocycles. The Balaban J connectivity index is 1.72. The van der Waals surface area contributed by atoms with E-state index in [2.05, 4.69) is 24.4 Å². The van der Waals surface area contributed by atoms with Crippen molar-refractivity contribution in [1.82, 2.24) is 4.90 Å². The van der Waals surface area contributed by atoms with E-state index in [1.54, 1.807) is 17.1 Å². The molecule has 1 amide bonds. The van der Waals surface area contributed by atoms with Crippen LogP contribution < -0.4 is 14.2 Å². The highest BCUT2D eigenvalue weighted by molar-refractivity contribution is 6.03. The maximum Gasteiger partial charge on any atom is 0.415 e. The van der Waals surface area contributed by atoms with Crippen LogP contribution in [0.2, 0.25) is 0 Å². The third-order valence-electron chi connectivity index (χ3n) is 10.5. The predicted octanol–water partition coefficient (Wildman–Crippen LogP) is 7.33. The lowest BCUT2D eigenvalue weighted by atomic mass is 9.55. The zero-order chi connectivity index (χ0) is 38.7. The molecule has 1 saturated carbocycles. The van der Waals surface area contributed by atoms with Gasteiger partial charge in [-0.15, -0.1) is 6.58 Å². The van der Waals surface area contributed by atoms with Crippen molar-refractivity contribution in [2.24, 2.45) is 22.9 Å². The minimum atomic E-state index is -1.44. The molecule has 292 valence electrons. The minimum Gasteiger partial charge on any atom is -0.490 e. The van der Waals surface area contributed by atoms with Crippen LogP contribution in [0.3, 0.4) is 0 Å². The molecule has 0 saturated heterocycles. The van der Waals surface area contributed by atoms with Gasteiger partial charge in [-0.05, 0) is 79.8 Å². The average molecular weight is 748 g/mol. The summed E-state index contributed by atoms with van der Waals surface area (Å²) in [4.78, 5) is 32.2. The first-order valence-electron chi connectivity index (χ1n) is 18.8. The van der Waals surface area contributed by atoms with Gasteiger partial charge in [0.15, 0.2) is 0 Å². The molecule has 2 aromatic carbocycles. The van der Waals surface area contributed by atoms with Crippen molar-refractivity contribution in [2.75, 3.05) is 40.1 Å². The molecule has 1 heterocycles. The Morgan fingerprint density at radius 2 is 1.76 bits per heavy atom. The normalized spacial score (nSPS) is 24.6. The number of carbonyl (C=O) groups is 1. The van der Waals surface area contributed by atoms with Crippen LogP contribution in [0.15, 0.2) is 84.6 Å². The van der Waals surface area contributed by atoms with E-state index in [1.165, 1.54) is 31.4 Å². The fourth-order valence-corrected chi connectivity index (χ4v) is 8.41. The summed E-state index contributed by atoms with van der Waals surface area (Å²) in [6, 6.07) is 10.4. The molecule has 0 spiro atoms. The fraction of sp³-hybridized carbons (Fsp3) is 0.512. The SMILES string of the molecule is C=CCOc1ccc2c(c1)[C@H]1[C@H](CCCCO)[C@@H](CCCCO)C=C3C(=NOC)C[C@H](N(CCC)C(=O)Oc4ccc([N+](=O)[O-])cc4)[C@@](OCC=C)(O2)[C@H]31. The van der Waals surface area contributed by atoms with Crippen molar-refractivity contribution in [3.63, 3.8) is 0 Å². The first-order chi connectivity index (χ1) is 26.3. The van der Waals surface area contributed by atoms with Crippen molar-refractivity contribution < 1.29 is 43.7 Å². The number of oxime groups is 1. The summed E-state index contributed by atoms with van der Waals surface area (Å²) >= 11 is 0. The number of amides is 1. The topological polar surface area (TPSA) is 162 Å². The second-order valence-corrected chi connectivity index (χ2v) is 13.9. The molecule has 54 heavy (non-hydrogen) atoms. The first-order valence-corrected chi connectivity index (χ1v) is 18.8. The van der Waals surface area contributed by atoms with Gasteiger partial charge in [-0.25, -0.2) is 4.79 Å². The van der Waals surface area contributed by atoms with Crippen molar-refractivity contribution in [1.29, 1.82) is 0 Å². The molecule has 13 heteroatoms. The fourth-order valence-electron chi connectivity index (χ4n) is 8.41. The van der Waals surface area contributed by atoms with Crippen LogP contribution in [0.1, 0.15) is 69.8 Å². The van der Waals surface area contributed by atoms with Gasteiger partial charge in [0.05, 0.1) is 23.2 Å². The molecular formula is C41H53N3O10. The molecule has 2 aliphatic carbocycles. The molecule has 5 rings (SSSR count). The Labute approximate surface area is 317 Å². The number of carbonyl (C=O) groups excluding carboxylic acids is 1. The second kappa shape index (κ2) is 19.0. The van der Waals surface area contributed by atoms with E-state index in [0.29, 0.717) is 43.1 Å². The number of fused-ring (bicyclic) bond motifs is 2. The maximum atomic E-state index is 14.3. The Morgan fingerprint density at radius 1 is 1.06 bits per heavy atom. The first kappa shape index (κ1) is 40.5. The molecule has 1 fully saturated rings. The van der Waals surface area contributed by atoms with Gasteiger partial charge < -0.3 is 34.0 Å². The third-order valence-corrected chi connectivity index (χ3v) is 10.5. The van der Waals surface area contributed by atoms with Crippen LogP contribution in [0, 0.1) is 27.9 Å². The van der Waals surface area contributed by atoms with Gasteiger partial charge in [0, 0.05) is 49.8 Å². The minimum absolute atomic E-state index is 0.0576. The molecule has 2 N–H and O–H groups in total. The number of allylic oxidation sites excluding steroid dienone is 1. The predicted molar refractivity (Wildman–Crippen MR) is 204 cm³/mol. The van der Waals surface area contributed by atoms with Gasteiger partial charge in [-0.2, -0.15) is 0 Å². The molecular weight excluding hydrogens is 694 g/mol. The molecule has 2 aromatic rings. The van der Waals surface area contributed by atoms with Crippen molar-refractivity contribution >= 4 is 17.5 Å². The number of rotatable bonds is 20. The summed E-state index contributed by atoms with van der Waals surface area (Å²) < 4.78 is 26.0. The highest BCUT2D eigenvalue weighted by Gasteiger charge is 2.65. The van der Waals surface area contributed by atoms with Gasteiger partial charge in [-0.3, -0.25) is 15.0 Å². The molecule has 13 nitrogen and oxygen atoms in total. The largest absolute Gasteiger partial charge is 0.490 e. The highest BCUT2D eigenvalue weighted by atomic mass is 16.7. The molecule has 0 bridgehead atoms. The van der Waals surface area contributed by atoms with Gasteiger partial charge >= 0.3 is 6.09 Å². The summed E-state index contributed by atoms with van der Waals surface area (Å²) in [5.41, 5.74) is 2.39. The van der Waals surface area contributed by atoms with Gasteiger partial charge in [0.2, 0.25) is 5.79 Å². The van der Waals surface area contributed by atoms with Gasteiger partial charge in [0.25, 0.3) is 5.69 Å². The molecule has 0 radical (unpaired) electrons. The van der Waals surface area contributed by atoms with E-state index in [4.69, 9.17) is 23.8 Å². The summed E-state index contributed by atoms with van der Waals surface area (Å²) in [6.07, 6.45) is 10.3. The number of aliphatic hydroxyl groups excluding tert-OH is 2. The van der Waals surface area contributed by atoms with E-state index >= 15 is 0 Å². The van der Waals surface area contributed by atoms with Crippen LogP contribution in [-0.4, -0.2) is 83.8 Å². The quantitative estimate of drug-likeness (QED) is 0.0607. The van der Waals surface area contributed by atoms with Gasteiger partial charge in [-0.1, -0.05) is 49.7 Å². The number of hydrogen-bond donors (Lipinski definition) is 2. The highest BCUT2D eigenvalue weighted by Crippen LogP contribution is 2.62.